The minimum absolute atomic E-state index is 0. The third-order valence-corrected chi connectivity index (χ3v) is 2.96. The molecule has 2 nitrogen and oxygen atoms in total. The first-order valence-corrected chi connectivity index (χ1v) is 4.46. The maximum atomic E-state index is 10.5. The second-order valence-electron chi connectivity index (χ2n) is 1.48. The van der Waals surface area contributed by atoms with Gasteiger partial charge in [0.15, 0.2) is 7.37 Å². The molecule has 8 heavy (non-hydrogen) atoms. The van der Waals surface area contributed by atoms with Crippen LogP contribution in [0, 0.1) is 35.6 Å². The van der Waals surface area contributed by atoms with Gasteiger partial charge in [-0.1, -0.05) is 13.8 Å². The standard InChI is InChI=1S/C4H11O2P.La/c1-3-7(5,6)4-2;/h3-4H2,1-2H3,(H,5,6);. The van der Waals surface area contributed by atoms with E-state index in [0.717, 1.165) is 0 Å². The van der Waals surface area contributed by atoms with Crippen molar-refractivity contribution in [3.8, 4) is 0 Å². The third kappa shape index (κ3) is 5.52. The van der Waals surface area contributed by atoms with E-state index in [2.05, 4.69) is 0 Å². The van der Waals surface area contributed by atoms with Crippen molar-refractivity contribution >= 4 is 7.37 Å². The maximum Gasteiger partial charge on any atom is 0.200 e. The summed E-state index contributed by atoms with van der Waals surface area (Å²) in [5.74, 6) is 0. The summed E-state index contributed by atoms with van der Waals surface area (Å²) in [6, 6.07) is 0. The van der Waals surface area contributed by atoms with Gasteiger partial charge < -0.3 is 4.89 Å². The van der Waals surface area contributed by atoms with E-state index < -0.39 is 7.37 Å². The molecule has 0 aliphatic carbocycles. The van der Waals surface area contributed by atoms with E-state index in [-0.39, 0.29) is 35.6 Å². The molecule has 1 N–H and O–H groups in total. The van der Waals surface area contributed by atoms with Gasteiger partial charge in [0.1, 0.15) is 0 Å². The Labute approximate surface area is 78.1 Å². The van der Waals surface area contributed by atoms with Crippen molar-refractivity contribution in [3.05, 3.63) is 0 Å². The van der Waals surface area contributed by atoms with Crippen molar-refractivity contribution < 1.29 is 45.1 Å². The van der Waals surface area contributed by atoms with Crippen LogP contribution < -0.4 is 0 Å². The second-order valence-corrected chi connectivity index (χ2v) is 4.44. The largest absolute Gasteiger partial charge is 0.344 e. The van der Waals surface area contributed by atoms with Crippen LogP contribution in [0.4, 0.5) is 0 Å². The number of rotatable bonds is 2. The van der Waals surface area contributed by atoms with Gasteiger partial charge in [0.05, 0.1) is 0 Å². The minimum atomic E-state index is -2.65. The number of hydrogen-bond acceptors (Lipinski definition) is 1. The molecule has 0 aromatic heterocycles. The average Bonchev–Trinajstić information content (AvgIpc) is 1.68. The molecule has 0 amide bonds. The second kappa shape index (κ2) is 5.19. The van der Waals surface area contributed by atoms with E-state index in [0.29, 0.717) is 12.3 Å². The average molecular weight is 261 g/mol. The fourth-order valence-electron chi connectivity index (χ4n) is 0.224. The molecule has 47 valence electrons. The van der Waals surface area contributed by atoms with Crippen LogP contribution in [0.1, 0.15) is 13.8 Å². The van der Waals surface area contributed by atoms with Crippen LogP contribution in [0.2, 0.25) is 0 Å². The summed E-state index contributed by atoms with van der Waals surface area (Å²) in [5.41, 5.74) is 0. The molecule has 0 aliphatic heterocycles. The van der Waals surface area contributed by atoms with Crippen LogP contribution in [0.25, 0.3) is 0 Å². The van der Waals surface area contributed by atoms with Crippen molar-refractivity contribution in [3.63, 3.8) is 0 Å². The van der Waals surface area contributed by atoms with Gasteiger partial charge in [0.25, 0.3) is 0 Å². The molecule has 0 saturated heterocycles. The van der Waals surface area contributed by atoms with E-state index in [1.54, 1.807) is 13.8 Å². The molecule has 0 aliphatic rings. The first-order chi connectivity index (χ1) is 3.12. The summed E-state index contributed by atoms with van der Waals surface area (Å²) in [6.45, 7) is 3.45. The van der Waals surface area contributed by atoms with Crippen molar-refractivity contribution in [1.29, 1.82) is 0 Å². The zero-order chi connectivity index (χ0) is 5.91. The zero-order valence-electron chi connectivity index (χ0n) is 5.29. The quantitative estimate of drug-likeness (QED) is 0.760. The summed E-state index contributed by atoms with van der Waals surface area (Å²) < 4.78 is 10.5. The molecule has 0 aromatic rings. The Kier molecular flexibility index (Phi) is 7.85. The Morgan fingerprint density at radius 1 is 1.38 bits per heavy atom. The van der Waals surface area contributed by atoms with E-state index in [9.17, 15) is 4.57 Å². The van der Waals surface area contributed by atoms with E-state index in [1.165, 1.54) is 0 Å². The van der Waals surface area contributed by atoms with Gasteiger partial charge in [-0.2, -0.15) is 0 Å². The molecular formula is C4H11LaO2P. The Balaban J connectivity index is 0. The first kappa shape index (κ1) is 12.1. The Hall–Kier alpha value is 1.38. The van der Waals surface area contributed by atoms with Gasteiger partial charge in [-0.05, 0) is 0 Å². The Bertz CT molecular complexity index is 86.0. The van der Waals surface area contributed by atoms with Crippen LogP contribution >= 0.6 is 7.37 Å². The predicted molar refractivity (Wildman–Crippen MR) is 30.9 cm³/mol. The topological polar surface area (TPSA) is 37.3 Å². The van der Waals surface area contributed by atoms with Crippen LogP contribution in [-0.4, -0.2) is 17.2 Å². The van der Waals surface area contributed by atoms with E-state index >= 15 is 0 Å². The monoisotopic (exact) mass is 261 g/mol. The molecule has 0 heterocycles. The summed E-state index contributed by atoms with van der Waals surface area (Å²) in [5, 5.41) is 0. The van der Waals surface area contributed by atoms with Crippen LogP contribution in [0.15, 0.2) is 0 Å². The first-order valence-electron chi connectivity index (χ1n) is 2.43. The van der Waals surface area contributed by atoms with Crippen molar-refractivity contribution in [1.82, 2.24) is 0 Å². The molecule has 0 aromatic carbocycles. The SMILES string of the molecule is CCP(=O)(O)CC.[La]. The van der Waals surface area contributed by atoms with Crippen molar-refractivity contribution in [2.75, 3.05) is 12.3 Å². The van der Waals surface area contributed by atoms with Gasteiger partial charge >= 0.3 is 0 Å². The summed E-state index contributed by atoms with van der Waals surface area (Å²) in [7, 11) is -2.65. The molecule has 0 rings (SSSR count). The molecule has 1 radical (unpaired) electrons. The third-order valence-electron chi connectivity index (χ3n) is 0.988. The molecule has 0 saturated carbocycles. The summed E-state index contributed by atoms with van der Waals surface area (Å²) in [4.78, 5) is 8.69. The minimum Gasteiger partial charge on any atom is -0.344 e. The molecule has 4 heteroatoms. The smallest absolute Gasteiger partial charge is 0.200 e. The fraction of sp³-hybridized carbons (Fsp3) is 1.00. The zero-order valence-corrected chi connectivity index (χ0v) is 9.81. The molecule has 0 atom stereocenters. The van der Waals surface area contributed by atoms with Crippen LogP contribution in [0.3, 0.4) is 0 Å². The molecule has 0 fully saturated rings. The molecular weight excluding hydrogens is 250 g/mol. The van der Waals surface area contributed by atoms with Gasteiger partial charge in [0, 0.05) is 47.9 Å². The van der Waals surface area contributed by atoms with Gasteiger partial charge in [0.2, 0.25) is 0 Å². The van der Waals surface area contributed by atoms with E-state index in [1.807, 2.05) is 0 Å². The normalized spacial score (nSPS) is 10.4. The van der Waals surface area contributed by atoms with Crippen molar-refractivity contribution in [2.45, 2.75) is 13.8 Å². The Morgan fingerprint density at radius 2 is 1.62 bits per heavy atom. The van der Waals surface area contributed by atoms with Crippen LogP contribution in [-0.2, 0) is 4.57 Å². The molecule has 0 spiro atoms. The van der Waals surface area contributed by atoms with Gasteiger partial charge in [-0.15, -0.1) is 0 Å². The number of hydrogen-bond donors (Lipinski definition) is 1. The maximum absolute atomic E-state index is 10.5. The summed E-state index contributed by atoms with van der Waals surface area (Å²) >= 11 is 0. The van der Waals surface area contributed by atoms with Crippen LogP contribution in [0.5, 0.6) is 0 Å². The predicted octanol–water partition coefficient (Wildman–Crippen LogP) is 1.30. The molecule has 0 unspecified atom stereocenters. The van der Waals surface area contributed by atoms with Crippen molar-refractivity contribution in [2.24, 2.45) is 0 Å². The fourth-order valence-corrected chi connectivity index (χ4v) is 0.671. The van der Waals surface area contributed by atoms with Gasteiger partial charge in [-0.3, -0.25) is 4.57 Å². The van der Waals surface area contributed by atoms with Gasteiger partial charge in [-0.25, -0.2) is 0 Å². The summed E-state index contributed by atoms with van der Waals surface area (Å²) in [6.07, 6.45) is 0.812. The Morgan fingerprint density at radius 3 is 1.62 bits per heavy atom. The van der Waals surface area contributed by atoms with E-state index in [4.69, 9.17) is 4.89 Å². The molecule has 0 bridgehead atoms.